The van der Waals surface area contributed by atoms with Gasteiger partial charge in [-0.25, -0.2) is 0 Å². The van der Waals surface area contributed by atoms with E-state index in [1.54, 1.807) is 13.8 Å². The highest BCUT2D eigenvalue weighted by atomic mass is 16.6. The Morgan fingerprint density at radius 3 is 2.22 bits per heavy atom. The molecule has 0 N–H and O–H groups in total. The maximum Gasteiger partial charge on any atom is 0.324 e. The first-order valence-electron chi connectivity index (χ1n) is 8.06. The minimum Gasteiger partial charge on any atom is -0.491 e. The summed E-state index contributed by atoms with van der Waals surface area (Å²) >= 11 is 0. The molecule has 5 nitrogen and oxygen atoms in total. The van der Waals surface area contributed by atoms with Crippen LogP contribution in [0, 0.1) is 5.41 Å². The molecule has 2 rings (SSSR count). The van der Waals surface area contributed by atoms with E-state index in [1.807, 2.05) is 32.0 Å². The monoisotopic (exact) mass is 320 g/mol. The standard InChI is InChI=1S/C18H24O5/c1-5-21-16(19)18(17(20)22-6-2)10-13-8-7-9-15(14(13)11-18)23-12(3)4/h7-9,12H,5-6,10-11H2,1-4H3. The number of carbonyl (C=O) groups excluding carboxylic acids is 2. The van der Waals surface area contributed by atoms with E-state index in [0.29, 0.717) is 5.75 Å². The molecule has 0 saturated carbocycles. The third-order valence-electron chi connectivity index (χ3n) is 3.90. The second-order valence-electron chi connectivity index (χ2n) is 5.94. The van der Waals surface area contributed by atoms with E-state index >= 15 is 0 Å². The molecule has 0 spiro atoms. The van der Waals surface area contributed by atoms with E-state index < -0.39 is 17.4 Å². The number of fused-ring (bicyclic) bond motifs is 1. The van der Waals surface area contributed by atoms with Crippen molar-refractivity contribution in [1.82, 2.24) is 0 Å². The number of benzene rings is 1. The second kappa shape index (κ2) is 7.02. The van der Waals surface area contributed by atoms with Gasteiger partial charge in [0.25, 0.3) is 0 Å². The molecule has 0 bridgehead atoms. The number of hydrogen-bond acceptors (Lipinski definition) is 5. The molecule has 1 aliphatic carbocycles. The third kappa shape index (κ3) is 3.33. The topological polar surface area (TPSA) is 61.8 Å². The molecule has 0 atom stereocenters. The van der Waals surface area contributed by atoms with Crippen LogP contribution in [0.2, 0.25) is 0 Å². The van der Waals surface area contributed by atoms with Crippen molar-refractivity contribution in [3.8, 4) is 5.75 Å². The van der Waals surface area contributed by atoms with Crippen LogP contribution in [0.3, 0.4) is 0 Å². The van der Waals surface area contributed by atoms with Crippen molar-refractivity contribution in [2.24, 2.45) is 5.41 Å². The van der Waals surface area contributed by atoms with Gasteiger partial charge in [-0.1, -0.05) is 12.1 Å². The van der Waals surface area contributed by atoms with E-state index in [1.165, 1.54) is 0 Å². The fraction of sp³-hybridized carbons (Fsp3) is 0.556. The number of ether oxygens (including phenoxy) is 3. The van der Waals surface area contributed by atoms with Crippen LogP contribution in [0.5, 0.6) is 5.75 Å². The zero-order chi connectivity index (χ0) is 17.0. The molecule has 0 amide bonds. The van der Waals surface area contributed by atoms with Crippen molar-refractivity contribution in [2.45, 2.75) is 46.6 Å². The van der Waals surface area contributed by atoms with Crippen molar-refractivity contribution < 1.29 is 23.8 Å². The van der Waals surface area contributed by atoms with Gasteiger partial charge < -0.3 is 14.2 Å². The summed E-state index contributed by atoms with van der Waals surface area (Å²) in [6.07, 6.45) is 0.555. The van der Waals surface area contributed by atoms with Crippen molar-refractivity contribution in [2.75, 3.05) is 13.2 Å². The molecular formula is C18H24O5. The maximum absolute atomic E-state index is 12.5. The van der Waals surface area contributed by atoms with Gasteiger partial charge in [-0.05, 0) is 51.3 Å². The van der Waals surface area contributed by atoms with Gasteiger partial charge in [0, 0.05) is 6.42 Å². The summed E-state index contributed by atoms with van der Waals surface area (Å²) in [5, 5.41) is 0. The number of carbonyl (C=O) groups is 2. The molecule has 1 aromatic rings. The summed E-state index contributed by atoms with van der Waals surface area (Å²) in [6.45, 7) is 7.80. The van der Waals surface area contributed by atoms with Crippen LogP contribution in [-0.2, 0) is 31.9 Å². The van der Waals surface area contributed by atoms with Crippen LogP contribution in [0.4, 0.5) is 0 Å². The maximum atomic E-state index is 12.5. The SMILES string of the molecule is CCOC(=O)C1(C(=O)OCC)Cc2cccc(OC(C)C)c2C1. The van der Waals surface area contributed by atoms with Crippen LogP contribution in [-0.4, -0.2) is 31.3 Å². The lowest BCUT2D eigenvalue weighted by atomic mass is 9.84. The van der Waals surface area contributed by atoms with Crippen LogP contribution < -0.4 is 4.74 Å². The molecule has 0 aliphatic heterocycles. The lowest BCUT2D eigenvalue weighted by molar-refractivity contribution is -0.171. The van der Waals surface area contributed by atoms with Gasteiger partial charge >= 0.3 is 11.9 Å². The van der Waals surface area contributed by atoms with Gasteiger partial charge in [-0.2, -0.15) is 0 Å². The predicted molar refractivity (Wildman–Crippen MR) is 85.3 cm³/mol. The minimum absolute atomic E-state index is 0.0155. The average molecular weight is 320 g/mol. The highest BCUT2D eigenvalue weighted by molar-refractivity contribution is 6.01. The zero-order valence-corrected chi connectivity index (χ0v) is 14.2. The number of hydrogen-bond donors (Lipinski definition) is 0. The van der Waals surface area contributed by atoms with E-state index in [2.05, 4.69) is 0 Å². The Morgan fingerprint density at radius 2 is 1.70 bits per heavy atom. The van der Waals surface area contributed by atoms with Crippen molar-refractivity contribution >= 4 is 11.9 Å². The van der Waals surface area contributed by atoms with E-state index in [-0.39, 0.29) is 32.2 Å². The quantitative estimate of drug-likeness (QED) is 0.596. The Labute approximate surface area is 136 Å². The van der Waals surface area contributed by atoms with Crippen LogP contribution in [0.25, 0.3) is 0 Å². The Kier molecular flexibility index (Phi) is 5.29. The first kappa shape index (κ1) is 17.3. The van der Waals surface area contributed by atoms with Crippen molar-refractivity contribution in [3.05, 3.63) is 29.3 Å². The summed E-state index contributed by atoms with van der Waals surface area (Å²) in [4.78, 5) is 25.0. The molecule has 0 radical (unpaired) electrons. The number of esters is 2. The average Bonchev–Trinajstić information content (AvgIpc) is 2.89. The molecule has 5 heteroatoms. The molecule has 1 aromatic carbocycles. The van der Waals surface area contributed by atoms with Crippen molar-refractivity contribution in [3.63, 3.8) is 0 Å². The molecule has 0 fully saturated rings. The Morgan fingerprint density at radius 1 is 1.09 bits per heavy atom. The molecule has 0 heterocycles. The lowest BCUT2D eigenvalue weighted by Gasteiger charge is -2.24. The van der Waals surface area contributed by atoms with Gasteiger partial charge in [0.1, 0.15) is 5.75 Å². The Balaban J connectivity index is 2.40. The first-order chi connectivity index (χ1) is 10.9. The summed E-state index contributed by atoms with van der Waals surface area (Å²) in [7, 11) is 0. The summed E-state index contributed by atoms with van der Waals surface area (Å²) in [5.74, 6) is -0.330. The molecule has 0 aromatic heterocycles. The molecule has 0 unspecified atom stereocenters. The third-order valence-corrected chi connectivity index (χ3v) is 3.90. The smallest absolute Gasteiger partial charge is 0.324 e. The largest absolute Gasteiger partial charge is 0.491 e. The normalized spacial score (nSPS) is 15.2. The predicted octanol–water partition coefficient (Wildman–Crippen LogP) is 2.69. The molecule has 0 saturated heterocycles. The fourth-order valence-corrected chi connectivity index (χ4v) is 2.94. The molecule has 1 aliphatic rings. The molecule has 23 heavy (non-hydrogen) atoms. The van der Waals surface area contributed by atoms with Crippen LogP contribution >= 0.6 is 0 Å². The van der Waals surface area contributed by atoms with E-state index in [0.717, 1.165) is 11.1 Å². The van der Waals surface area contributed by atoms with Gasteiger partial charge in [-0.15, -0.1) is 0 Å². The van der Waals surface area contributed by atoms with E-state index in [9.17, 15) is 9.59 Å². The summed E-state index contributed by atoms with van der Waals surface area (Å²) < 4.78 is 16.2. The van der Waals surface area contributed by atoms with Crippen LogP contribution in [0.15, 0.2) is 18.2 Å². The van der Waals surface area contributed by atoms with Gasteiger partial charge in [0.05, 0.1) is 19.3 Å². The van der Waals surface area contributed by atoms with Crippen LogP contribution in [0.1, 0.15) is 38.8 Å². The molecule has 126 valence electrons. The Hall–Kier alpha value is -2.04. The number of rotatable bonds is 6. The minimum atomic E-state index is -1.30. The first-order valence-corrected chi connectivity index (χ1v) is 8.06. The van der Waals surface area contributed by atoms with Gasteiger partial charge in [0.2, 0.25) is 0 Å². The highest BCUT2D eigenvalue weighted by Crippen LogP contribution is 2.43. The lowest BCUT2D eigenvalue weighted by Crippen LogP contribution is -2.43. The fourth-order valence-electron chi connectivity index (χ4n) is 2.94. The Bertz CT molecular complexity index is 573. The van der Waals surface area contributed by atoms with Gasteiger partial charge in [0.15, 0.2) is 5.41 Å². The summed E-state index contributed by atoms with van der Waals surface area (Å²) in [6, 6.07) is 5.66. The summed E-state index contributed by atoms with van der Waals surface area (Å²) in [5.41, 5.74) is 0.525. The van der Waals surface area contributed by atoms with E-state index in [4.69, 9.17) is 14.2 Å². The zero-order valence-electron chi connectivity index (χ0n) is 14.2. The second-order valence-corrected chi connectivity index (χ2v) is 5.94. The van der Waals surface area contributed by atoms with Crippen molar-refractivity contribution in [1.29, 1.82) is 0 Å². The van der Waals surface area contributed by atoms with Gasteiger partial charge in [-0.3, -0.25) is 9.59 Å². The molecular weight excluding hydrogens is 296 g/mol. The highest BCUT2D eigenvalue weighted by Gasteiger charge is 2.53.